The molecule has 0 atom stereocenters. The molecule has 0 fully saturated rings. The number of anilines is 2. The van der Waals surface area contributed by atoms with Gasteiger partial charge in [-0.1, -0.05) is 11.6 Å². The summed E-state index contributed by atoms with van der Waals surface area (Å²) in [7, 11) is -1.13. The minimum Gasteiger partial charge on any atom is -0.322 e. The number of benzene rings is 2. The number of likely N-dealkylation sites (N-methyl/N-ethyl adjacent to an activating group) is 2. The van der Waals surface area contributed by atoms with Crippen molar-refractivity contribution in [3.05, 3.63) is 52.8 Å². The topological polar surface area (TPSA) is 86.8 Å². The van der Waals surface area contributed by atoms with E-state index in [1.165, 1.54) is 36.2 Å². The lowest BCUT2D eigenvalue weighted by Crippen LogP contribution is -2.35. The lowest BCUT2D eigenvalue weighted by Gasteiger charge is -2.19. The van der Waals surface area contributed by atoms with Gasteiger partial charge in [-0.25, -0.2) is 12.8 Å². The molecule has 1 heterocycles. The highest BCUT2D eigenvalue weighted by Gasteiger charge is 2.43. The molecule has 30 heavy (non-hydrogen) atoms. The lowest BCUT2D eigenvalue weighted by molar-refractivity contribution is -0.121. The number of carbonyl (C=O) groups excluding carboxylic acids is 2. The van der Waals surface area contributed by atoms with Crippen molar-refractivity contribution in [3.63, 3.8) is 0 Å². The van der Waals surface area contributed by atoms with Gasteiger partial charge in [0.25, 0.3) is 0 Å². The average molecular weight is 454 g/mol. The molecule has 0 saturated carbocycles. The van der Waals surface area contributed by atoms with Gasteiger partial charge >= 0.3 is 0 Å². The summed E-state index contributed by atoms with van der Waals surface area (Å²) in [5.41, 5.74) is 0.272. The van der Waals surface area contributed by atoms with E-state index in [1.807, 2.05) is 0 Å². The predicted octanol–water partition coefficient (Wildman–Crippen LogP) is 2.99. The first-order valence-corrected chi connectivity index (χ1v) is 10.8. The molecular formula is C20H21ClFN3O4S. The van der Waals surface area contributed by atoms with Gasteiger partial charge in [0.05, 0.1) is 22.5 Å². The number of nitrogens with one attached hydrogen (secondary N) is 1. The molecule has 1 aliphatic heterocycles. The van der Waals surface area contributed by atoms with Crippen LogP contribution in [-0.2, 0) is 25.0 Å². The van der Waals surface area contributed by atoms with Crippen LogP contribution in [0.5, 0.6) is 0 Å². The molecule has 160 valence electrons. The monoisotopic (exact) mass is 453 g/mol. The van der Waals surface area contributed by atoms with E-state index < -0.39 is 33.7 Å². The highest BCUT2D eigenvalue weighted by atomic mass is 35.5. The second kappa shape index (κ2) is 7.64. The fourth-order valence-electron chi connectivity index (χ4n) is 3.36. The first-order chi connectivity index (χ1) is 13.9. The summed E-state index contributed by atoms with van der Waals surface area (Å²) in [5.74, 6) is -1.57. The van der Waals surface area contributed by atoms with Crippen molar-refractivity contribution < 1.29 is 22.4 Å². The van der Waals surface area contributed by atoms with E-state index >= 15 is 0 Å². The van der Waals surface area contributed by atoms with E-state index in [4.69, 9.17) is 11.6 Å². The van der Waals surface area contributed by atoms with Gasteiger partial charge in [0.15, 0.2) is 0 Å². The third-order valence-corrected chi connectivity index (χ3v) is 7.16. The molecule has 2 amide bonds. The van der Waals surface area contributed by atoms with Crippen molar-refractivity contribution in [1.29, 1.82) is 0 Å². The average Bonchev–Trinajstić information content (AvgIpc) is 2.84. The van der Waals surface area contributed by atoms with Gasteiger partial charge in [-0.15, -0.1) is 0 Å². The molecule has 0 aromatic heterocycles. The Balaban J connectivity index is 1.81. The van der Waals surface area contributed by atoms with Crippen LogP contribution in [0.4, 0.5) is 15.8 Å². The normalized spacial score (nSPS) is 15.4. The number of hydrogen-bond donors (Lipinski definition) is 1. The van der Waals surface area contributed by atoms with Crippen molar-refractivity contribution in [2.45, 2.75) is 24.2 Å². The number of carbonyl (C=O) groups is 2. The maximum Gasteiger partial charge on any atom is 0.243 e. The van der Waals surface area contributed by atoms with E-state index in [0.29, 0.717) is 11.3 Å². The number of hydrogen-bond acceptors (Lipinski definition) is 4. The van der Waals surface area contributed by atoms with Gasteiger partial charge < -0.3 is 10.2 Å². The Labute approximate surface area is 179 Å². The first kappa shape index (κ1) is 22.2. The summed E-state index contributed by atoms with van der Waals surface area (Å²) in [6, 6.07) is 8.17. The zero-order valence-corrected chi connectivity index (χ0v) is 18.4. The van der Waals surface area contributed by atoms with Crippen LogP contribution in [0, 0.1) is 5.82 Å². The number of nitrogens with zero attached hydrogens (tertiary/aromatic N) is 2. The van der Waals surface area contributed by atoms with Crippen molar-refractivity contribution in [3.8, 4) is 0 Å². The maximum atomic E-state index is 13.8. The first-order valence-electron chi connectivity index (χ1n) is 8.99. The number of fused-ring (bicyclic) bond motifs is 1. The summed E-state index contributed by atoms with van der Waals surface area (Å²) in [6.07, 6.45) is 0. The second-order valence-electron chi connectivity index (χ2n) is 7.60. The van der Waals surface area contributed by atoms with E-state index in [2.05, 4.69) is 5.32 Å². The molecule has 7 nitrogen and oxygen atoms in total. The Morgan fingerprint density at radius 2 is 1.90 bits per heavy atom. The van der Waals surface area contributed by atoms with Gasteiger partial charge in [-0.05, 0) is 55.8 Å². The minimum absolute atomic E-state index is 0.0367. The summed E-state index contributed by atoms with van der Waals surface area (Å²) in [6.45, 7) is 2.93. The Morgan fingerprint density at radius 3 is 2.53 bits per heavy atom. The largest absolute Gasteiger partial charge is 0.322 e. The van der Waals surface area contributed by atoms with Gasteiger partial charge in [-0.3, -0.25) is 9.59 Å². The van der Waals surface area contributed by atoms with Crippen molar-refractivity contribution in [2.75, 3.05) is 30.9 Å². The van der Waals surface area contributed by atoms with Crippen LogP contribution >= 0.6 is 11.6 Å². The summed E-state index contributed by atoms with van der Waals surface area (Å²) < 4.78 is 40.6. The fraction of sp³-hybridized carbons (Fsp3) is 0.300. The van der Waals surface area contributed by atoms with Gasteiger partial charge in [-0.2, -0.15) is 4.31 Å². The summed E-state index contributed by atoms with van der Waals surface area (Å²) in [5, 5.41) is 2.50. The van der Waals surface area contributed by atoms with Crippen LogP contribution in [0.1, 0.15) is 19.4 Å². The van der Waals surface area contributed by atoms with Crippen LogP contribution in [0.3, 0.4) is 0 Å². The lowest BCUT2D eigenvalue weighted by atomic mass is 9.86. The van der Waals surface area contributed by atoms with Gasteiger partial charge in [0.1, 0.15) is 5.82 Å². The zero-order chi connectivity index (χ0) is 22.4. The van der Waals surface area contributed by atoms with Crippen LogP contribution in [0.15, 0.2) is 41.3 Å². The molecule has 3 rings (SSSR count). The Hall–Kier alpha value is -2.49. The van der Waals surface area contributed by atoms with Gasteiger partial charge in [0, 0.05) is 24.8 Å². The third kappa shape index (κ3) is 3.80. The van der Waals surface area contributed by atoms with Crippen molar-refractivity contribution >= 4 is 44.8 Å². The maximum absolute atomic E-state index is 13.8. The van der Waals surface area contributed by atoms with E-state index in [1.54, 1.807) is 27.0 Å². The molecule has 0 bridgehead atoms. The SMILES string of the molecule is CN1C(=O)C(C)(C)c2cc(S(=O)(=O)N(C)CC(=O)Nc3ccc(Cl)cc3F)ccc21. The van der Waals surface area contributed by atoms with E-state index in [0.717, 1.165) is 10.4 Å². The molecule has 1 aliphatic rings. The number of rotatable bonds is 5. The van der Waals surface area contributed by atoms with Crippen LogP contribution in [0.25, 0.3) is 0 Å². The molecule has 0 spiro atoms. The summed E-state index contributed by atoms with van der Waals surface area (Å²) >= 11 is 5.68. The molecule has 10 heteroatoms. The number of sulfonamides is 1. The quantitative estimate of drug-likeness (QED) is 0.754. The predicted molar refractivity (Wildman–Crippen MR) is 113 cm³/mol. The highest BCUT2D eigenvalue weighted by Crippen LogP contribution is 2.41. The molecule has 2 aromatic rings. The smallest absolute Gasteiger partial charge is 0.243 e. The highest BCUT2D eigenvalue weighted by molar-refractivity contribution is 7.89. The second-order valence-corrected chi connectivity index (χ2v) is 10.1. The van der Waals surface area contributed by atoms with Crippen molar-refractivity contribution in [2.24, 2.45) is 0 Å². The number of halogens is 2. The van der Waals surface area contributed by atoms with Crippen LogP contribution in [0.2, 0.25) is 5.02 Å². The Morgan fingerprint density at radius 1 is 1.23 bits per heavy atom. The van der Waals surface area contributed by atoms with E-state index in [9.17, 15) is 22.4 Å². The molecule has 2 aromatic carbocycles. The fourth-order valence-corrected chi connectivity index (χ4v) is 4.67. The standard InChI is InChI=1S/C20H21ClFN3O4S/c1-20(2)14-10-13(6-8-17(14)25(4)19(20)27)30(28,29)24(3)11-18(26)23-16-7-5-12(21)9-15(16)22/h5-10H,11H2,1-4H3,(H,23,26). The van der Waals surface area contributed by atoms with Crippen LogP contribution < -0.4 is 10.2 Å². The van der Waals surface area contributed by atoms with Crippen molar-refractivity contribution in [1.82, 2.24) is 4.31 Å². The minimum atomic E-state index is -4.02. The zero-order valence-electron chi connectivity index (χ0n) is 16.9. The molecule has 0 radical (unpaired) electrons. The van der Waals surface area contributed by atoms with E-state index in [-0.39, 0.29) is 21.5 Å². The number of amides is 2. The molecule has 1 N–H and O–H groups in total. The Bertz CT molecular complexity index is 1150. The van der Waals surface area contributed by atoms with Crippen LogP contribution in [-0.4, -0.2) is 45.2 Å². The van der Waals surface area contributed by atoms with Gasteiger partial charge in [0.2, 0.25) is 21.8 Å². The Kier molecular flexibility index (Phi) is 5.66. The molecule has 0 saturated heterocycles. The molecule has 0 unspecified atom stereocenters. The third-order valence-electron chi connectivity index (χ3n) is 5.12. The summed E-state index contributed by atoms with van der Waals surface area (Å²) in [4.78, 5) is 26.1. The molecule has 0 aliphatic carbocycles. The molecular weight excluding hydrogens is 433 g/mol.